The number of piperazine rings is 1. The summed E-state index contributed by atoms with van der Waals surface area (Å²) in [7, 11) is 0. The van der Waals surface area contributed by atoms with Gasteiger partial charge in [-0.25, -0.2) is 0 Å². The van der Waals surface area contributed by atoms with Gasteiger partial charge in [-0.15, -0.1) is 0 Å². The van der Waals surface area contributed by atoms with Gasteiger partial charge in [0.2, 0.25) is 5.91 Å². The van der Waals surface area contributed by atoms with E-state index in [0.29, 0.717) is 5.69 Å². The molecule has 1 fully saturated rings. The highest BCUT2D eigenvalue weighted by atomic mass is 35.5. The van der Waals surface area contributed by atoms with E-state index in [2.05, 4.69) is 53.2 Å². The number of amides is 1. The Bertz CT molecular complexity index is 872. The molecule has 0 spiro atoms. The Hall–Kier alpha value is -2.64. The van der Waals surface area contributed by atoms with Gasteiger partial charge in [0.05, 0.1) is 11.5 Å². The van der Waals surface area contributed by atoms with Crippen molar-refractivity contribution >= 4 is 34.6 Å². The first-order valence-electron chi connectivity index (χ1n) is 9.13. The first-order valence-corrected chi connectivity index (χ1v) is 9.51. The summed E-state index contributed by atoms with van der Waals surface area (Å²) >= 11 is 5.80. The van der Waals surface area contributed by atoms with Crippen molar-refractivity contribution in [3.05, 3.63) is 63.2 Å². The molecule has 1 heterocycles. The molecule has 0 aliphatic carbocycles. The normalized spacial score (nSPS) is 17.4. The predicted molar refractivity (Wildman–Crippen MR) is 111 cm³/mol. The average Bonchev–Trinajstić information content (AvgIpc) is 2.64. The van der Waals surface area contributed by atoms with E-state index in [1.54, 1.807) is 6.07 Å². The molecule has 2 aromatic rings. The molecular formula is C20H23ClN4O3. The molecule has 1 unspecified atom stereocenters. The van der Waals surface area contributed by atoms with Gasteiger partial charge < -0.3 is 10.2 Å². The third-order valence-corrected chi connectivity index (χ3v) is 5.19. The summed E-state index contributed by atoms with van der Waals surface area (Å²) < 4.78 is 0. The molecule has 2 aromatic carbocycles. The lowest BCUT2D eigenvalue weighted by molar-refractivity contribution is -0.384. The third-order valence-electron chi connectivity index (χ3n) is 4.87. The minimum absolute atomic E-state index is 0.0454. The molecular weight excluding hydrogens is 380 g/mol. The van der Waals surface area contributed by atoms with Crippen LogP contribution in [-0.4, -0.2) is 48.0 Å². The van der Waals surface area contributed by atoms with Crippen LogP contribution in [0.1, 0.15) is 12.5 Å². The van der Waals surface area contributed by atoms with Crippen LogP contribution in [0.15, 0.2) is 42.5 Å². The average molecular weight is 403 g/mol. The summed E-state index contributed by atoms with van der Waals surface area (Å²) in [5, 5.41) is 13.7. The topological polar surface area (TPSA) is 78.7 Å². The second-order valence-corrected chi connectivity index (χ2v) is 7.49. The molecule has 8 heteroatoms. The number of halogens is 1. The Morgan fingerprint density at radius 2 is 1.96 bits per heavy atom. The summed E-state index contributed by atoms with van der Waals surface area (Å²) in [6, 6.07) is 13.0. The third kappa shape index (κ3) is 4.79. The van der Waals surface area contributed by atoms with Gasteiger partial charge in [0, 0.05) is 43.1 Å². The largest absolute Gasteiger partial charge is 0.366 e. The number of carbonyl (C=O) groups is 1. The number of nitrogens with one attached hydrogen (secondary N) is 1. The summed E-state index contributed by atoms with van der Waals surface area (Å²) in [5.41, 5.74) is 2.57. The van der Waals surface area contributed by atoms with E-state index >= 15 is 0 Å². The summed E-state index contributed by atoms with van der Waals surface area (Å²) in [4.78, 5) is 27.2. The molecule has 1 amide bonds. The molecule has 3 rings (SSSR count). The minimum Gasteiger partial charge on any atom is -0.366 e. The predicted octanol–water partition coefficient (Wildman–Crippen LogP) is 3.71. The molecule has 1 aliphatic heterocycles. The minimum atomic E-state index is -0.566. The number of aryl methyl sites for hydroxylation is 1. The van der Waals surface area contributed by atoms with Crippen molar-refractivity contribution in [1.29, 1.82) is 0 Å². The molecule has 0 bridgehead atoms. The molecule has 0 radical (unpaired) electrons. The lowest BCUT2D eigenvalue weighted by Gasteiger charge is -2.41. The highest BCUT2D eigenvalue weighted by Gasteiger charge is 2.25. The lowest BCUT2D eigenvalue weighted by Crippen LogP contribution is -2.53. The van der Waals surface area contributed by atoms with Crippen LogP contribution in [0.2, 0.25) is 5.02 Å². The molecule has 1 aliphatic rings. The number of hydrogen-bond acceptors (Lipinski definition) is 5. The fraction of sp³-hybridized carbons (Fsp3) is 0.350. The second-order valence-electron chi connectivity index (χ2n) is 7.08. The van der Waals surface area contributed by atoms with E-state index < -0.39 is 4.92 Å². The molecule has 1 saturated heterocycles. The first kappa shape index (κ1) is 20.1. The molecule has 1 N–H and O–H groups in total. The Morgan fingerprint density at radius 3 is 2.61 bits per heavy atom. The Kier molecular flexibility index (Phi) is 6.16. The summed E-state index contributed by atoms with van der Waals surface area (Å²) in [6.07, 6.45) is 0. The Morgan fingerprint density at radius 1 is 1.25 bits per heavy atom. The monoisotopic (exact) mass is 402 g/mol. The number of carbonyl (C=O) groups excluding carboxylic acids is 1. The highest BCUT2D eigenvalue weighted by molar-refractivity contribution is 6.32. The van der Waals surface area contributed by atoms with Gasteiger partial charge in [-0.2, -0.15) is 0 Å². The zero-order valence-electron chi connectivity index (χ0n) is 15.9. The number of rotatable bonds is 5. The lowest BCUT2D eigenvalue weighted by atomic mass is 10.1. The number of nitro groups is 1. The van der Waals surface area contributed by atoms with Crippen molar-refractivity contribution in [3.63, 3.8) is 0 Å². The van der Waals surface area contributed by atoms with Crippen LogP contribution in [-0.2, 0) is 4.79 Å². The Labute approximate surface area is 169 Å². The molecule has 148 valence electrons. The van der Waals surface area contributed by atoms with Gasteiger partial charge in [-0.1, -0.05) is 29.3 Å². The zero-order chi connectivity index (χ0) is 20.3. The van der Waals surface area contributed by atoms with E-state index in [9.17, 15) is 14.9 Å². The maximum atomic E-state index is 12.4. The number of nitro benzene ring substituents is 1. The molecule has 1 atom stereocenters. The fourth-order valence-electron chi connectivity index (χ4n) is 3.43. The van der Waals surface area contributed by atoms with Crippen molar-refractivity contribution in [2.75, 3.05) is 36.4 Å². The van der Waals surface area contributed by atoms with Crippen LogP contribution < -0.4 is 10.2 Å². The van der Waals surface area contributed by atoms with Crippen molar-refractivity contribution < 1.29 is 9.72 Å². The van der Waals surface area contributed by atoms with Gasteiger partial charge in [0.15, 0.2) is 0 Å². The van der Waals surface area contributed by atoms with Crippen LogP contribution in [0.4, 0.5) is 17.1 Å². The number of anilines is 2. The van der Waals surface area contributed by atoms with Crippen LogP contribution in [0, 0.1) is 17.0 Å². The van der Waals surface area contributed by atoms with Crippen LogP contribution >= 0.6 is 11.6 Å². The summed E-state index contributed by atoms with van der Waals surface area (Å²) in [5.74, 6) is -0.201. The van der Waals surface area contributed by atoms with Crippen LogP contribution in [0.25, 0.3) is 0 Å². The number of hydrogen-bond donors (Lipinski definition) is 1. The smallest absolute Gasteiger partial charge is 0.289 e. The maximum absolute atomic E-state index is 12.4. The van der Waals surface area contributed by atoms with E-state index in [4.69, 9.17) is 11.6 Å². The molecule has 28 heavy (non-hydrogen) atoms. The fourth-order valence-corrected chi connectivity index (χ4v) is 3.62. The first-order chi connectivity index (χ1) is 13.3. The molecule has 7 nitrogen and oxygen atoms in total. The maximum Gasteiger partial charge on any atom is 0.289 e. The van der Waals surface area contributed by atoms with Gasteiger partial charge in [-0.05, 0) is 38.1 Å². The number of nitrogens with zero attached hydrogens (tertiary/aromatic N) is 3. The van der Waals surface area contributed by atoms with E-state index in [0.717, 1.165) is 19.6 Å². The van der Waals surface area contributed by atoms with Crippen LogP contribution in [0.5, 0.6) is 0 Å². The quantitative estimate of drug-likeness (QED) is 0.609. The zero-order valence-corrected chi connectivity index (χ0v) is 16.6. The summed E-state index contributed by atoms with van der Waals surface area (Å²) in [6.45, 7) is 6.83. The van der Waals surface area contributed by atoms with Crippen molar-refractivity contribution in [1.82, 2.24) is 4.90 Å². The van der Waals surface area contributed by atoms with Crippen LogP contribution in [0.3, 0.4) is 0 Å². The van der Waals surface area contributed by atoms with Crippen molar-refractivity contribution in [2.24, 2.45) is 0 Å². The van der Waals surface area contributed by atoms with E-state index in [-0.39, 0.29) is 29.2 Å². The Balaban J connectivity index is 1.56. The van der Waals surface area contributed by atoms with Gasteiger partial charge in [0.25, 0.3) is 5.69 Å². The van der Waals surface area contributed by atoms with E-state index in [1.807, 2.05) is 0 Å². The van der Waals surface area contributed by atoms with Crippen molar-refractivity contribution in [2.45, 2.75) is 19.9 Å². The SMILES string of the molecule is Cc1ccc(N2CCN(CC(=O)Nc3ccc(Cl)c([N+](=O)[O-])c3)CC2C)cc1. The highest BCUT2D eigenvalue weighted by Crippen LogP contribution is 2.27. The van der Waals surface area contributed by atoms with Gasteiger partial charge >= 0.3 is 0 Å². The molecule has 0 aromatic heterocycles. The van der Waals surface area contributed by atoms with Crippen molar-refractivity contribution in [3.8, 4) is 0 Å². The van der Waals surface area contributed by atoms with Gasteiger partial charge in [-0.3, -0.25) is 19.8 Å². The molecule has 0 saturated carbocycles. The number of benzene rings is 2. The second kappa shape index (κ2) is 8.58. The van der Waals surface area contributed by atoms with E-state index in [1.165, 1.54) is 23.4 Å². The standard InChI is InChI=1S/C20H23ClN4O3/c1-14-3-6-17(7-4-14)24-10-9-23(12-15(24)2)13-20(26)22-16-5-8-18(21)19(11-16)25(27)28/h3-8,11,15H,9-10,12-13H2,1-2H3,(H,22,26). The van der Waals surface area contributed by atoms with Gasteiger partial charge in [0.1, 0.15) is 5.02 Å².